The van der Waals surface area contributed by atoms with Crippen molar-refractivity contribution < 1.29 is 9.47 Å². The van der Waals surface area contributed by atoms with Gasteiger partial charge >= 0.3 is 0 Å². The van der Waals surface area contributed by atoms with Crippen LogP contribution in [0.25, 0.3) is 33.1 Å². The molecule has 0 aliphatic rings. The van der Waals surface area contributed by atoms with Gasteiger partial charge in [0.05, 0.1) is 37.2 Å². The summed E-state index contributed by atoms with van der Waals surface area (Å²) in [6, 6.07) is 21.4. The summed E-state index contributed by atoms with van der Waals surface area (Å²) in [6.45, 7) is 0. The summed E-state index contributed by atoms with van der Waals surface area (Å²) in [6.07, 6.45) is 1.59. The van der Waals surface area contributed by atoms with Crippen LogP contribution in [0, 0.1) is 0 Å². The van der Waals surface area contributed by atoms with Gasteiger partial charge in [0.15, 0.2) is 11.5 Å². The molecule has 174 valence electrons. The quantitative estimate of drug-likeness (QED) is 0.144. The van der Waals surface area contributed by atoms with Crippen molar-refractivity contribution >= 4 is 61.5 Å². The normalized spacial score (nSPS) is 11.3. The lowest BCUT2D eigenvalue weighted by atomic mass is 10.1. The number of pyridine rings is 1. The molecular weight excluding hydrogens is 530 g/mol. The van der Waals surface area contributed by atoms with Gasteiger partial charge in [-0.05, 0) is 30.3 Å². The highest BCUT2D eigenvalue weighted by molar-refractivity contribution is 9.10. The maximum atomic E-state index is 6.41. The van der Waals surface area contributed by atoms with E-state index in [9.17, 15) is 0 Å². The van der Waals surface area contributed by atoms with Crippen molar-refractivity contribution in [1.29, 1.82) is 0 Å². The lowest BCUT2D eigenvalue weighted by Crippen LogP contribution is -2.00. The Bertz CT molecular complexity index is 1580. The van der Waals surface area contributed by atoms with Crippen LogP contribution in [0.15, 0.2) is 76.3 Å². The second-order valence-electron chi connectivity index (χ2n) is 7.56. The number of rotatable bonds is 6. The van der Waals surface area contributed by atoms with E-state index in [2.05, 4.69) is 36.4 Å². The van der Waals surface area contributed by atoms with Crippen molar-refractivity contribution in [2.75, 3.05) is 19.6 Å². The Morgan fingerprint density at radius 3 is 2.43 bits per heavy atom. The molecule has 2 heterocycles. The Labute approximate surface area is 214 Å². The summed E-state index contributed by atoms with van der Waals surface area (Å²) in [5, 5.41) is 6.41. The largest absolute Gasteiger partial charge is 0.493 e. The number of aromatic nitrogens is 3. The summed E-state index contributed by atoms with van der Waals surface area (Å²) < 4.78 is 11.7. The van der Waals surface area contributed by atoms with Gasteiger partial charge in [0.1, 0.15) is 5.15 Å². The number of nitrogens with one attached hydrogen (secondary N) is 1. The minimum atomic E-state index is 0.310. The second-order valence-corrected chi connectivity index (χ2v) is 8.84. The SMILES string of the molecule is COc1cc2cc(/C=N\Nc3nc(-c4ccccc4)c4cc(Br)ccc4n3)c(Cl)nc2cc1OC. The van der Waals surface area contributed by atoms with E-state index in [-0.39, 0.29) is 0 Å². The number of benzene rings is 3. The molecule has 0 unspecified atom stereocenters. The van der Waals surface area contributed by atoms with Crippen molar-refractivity contribution in [3.05, 3.63) is 81.9 Å². The molecule has 1 N–H and O–H groups in total. The summed E-state index contributed by atoms with van der Waals surface area (Å²) in [4.78, 5) is 13.8. The molecule has 0 atom stereocenters. The van der Waals surface area contributed by atoms with Crippen LogP contribution in [-0.2, 0) is 0 Å². The molecule has 0 saturated carbocycles. The number of hydrogen-bond donors (Lipinski definition) is 1. The lowest BCUT2D eigenvalue weighted by molar-refractivity contribution is 0.356. The van der Waals surface area contributed by atoms with Crippen molar-refractivity contribution in [3.8, 4) is 22.8 Å². The summed E-state index contributed by atoms with van der Waals surface area (Å²) in [5.74, 6) is 1.56. The first-order chi connectivity index (χ1) is 17.1. The summed E-state index contributed by atoms with van der Waals surface area (Å²) in [7, 11) is 3.17. The smallest absolute Gasteiger partial charge is 0.244 e. The maximum Gasteiger partial charge on any atom is 0.244 e. The number of methoxy groups -OCH3 is 2. The average Bonchev–Trinajstić information content (AvgIpc) is 2.88. The Morgan fingerprint density at radius 1 is 0.886 bits per heavy atom. The van der Waals surface area contributed by atoms with E-state index in [1.165, 1.54) is 0 Å². The van der Waals surface area contributed by atoms with Crippen LogP contribution in [0.4, 0.5) is 5.95 Å². The number of hydrazone groups is 1. The highest BCUT2D eigenvalue weighted by Gasteiger charge is 2.12. The van der Waals surface area contributed by atoms with E-state index in [4.69, 9.17) is 26.1 Å². The maximum absolute atomic E-state index is 6.41. The highest BCUT2D eigenvalue weighted by Crippen LogP contribution is 2.33. The summed E-state index contributed by atoms with van der Waals surface area (Å²) in [5.41, 5.74) is 6.84. The van der Waals surface area contributed by atoms with Crippen molar-refractivity contribution in [2.24, 2.45) is 5.10 Å². The molecule has 3 aromatic carbocycles. The topological polar surface area (TPSA) is 81.5 Å². The Balaban J connectivity index is 1.49. The third-order valence-electron chi connectivity index (χ3n) is 5.37. The zero-order valence-corrected chi connectivity index (χ0v) is 21.1. The monoisotopic (exact) mass is 547 g/mol. The zero-order chi connectivity index (χ0) is 24.4. The predicted octanol–water partition coefficient (Wildman–Crippen LogP) is 6.72. The van der Waals surface area contributed by atoms with Gasteiger partial charge in [-0.2, -0.15) is 5.10 Å². The number of hydrogen-bond acceptors (Lipinski definition) is 7. The molecule has 0 amide bonds. The molecule has 9 heteroatoms. The number of nitrogens with zero attached hydrogens (tertiary/aromatic N) is 4. The van der Waals surface area contributed by atoms with Crippen LogP contribution in [0.3, 0.4) is 0 Å². The molecular formula is C26H19BrClN5O2. The van der Waals surface area contributed by atoms with E-state index in [1.54, 1.807) is 26.5 Å². The molecule has 2 aromatic heterocycles. The second kappa shape index (κ2) is 9.85. The Morgan fingerprint density at radius 2 is 1.66 bits per heavy atom. The highest BCUT2D eigenvalue weighted by atomic mass is 79.9. The van der Waals surface area contributed by atoms with Crippen molar-refractivity contribution in [3.63, 3.8) is 0 Å². The van der Waals surface area contributed by atoms with Crippen LogP contribution >= 0.6 is 27.5 Å². The van der Waals surface area contributed by atoms with Gasteiger partial charge < -0.3 is 9.47 Å². The fourth-order valence-corrected chi connectivity index (χ4v) is 4.27. The minimum Gasteiger partial charge on any atom is -0.493 e. The minimum absolute atomic E-state index is 0.310. The molecule has 0 aliphatic heterocycles. The van der Waals surface area contributed by atoms with Gasteiger partial charge in [-0.1, -0.05) is 57.9 Å². The molecule has 5 rings (SSSR count). The molecule has 0 spiro atoms. The number of anilines is 1. The van der Waals surface area contributed by atoms with Crippen LogP contribution in [0.1, 0.15) is 5.56 Å². The van der Waals surface area contributed by atoms with Crippen LogP contribution in [0.5, 0.6) is 11.5 Å². The van der Waals surface area contributed by atoms with E-state index in [1.807, 2.05) is 60.7 Å². The van der Waals surface area contributed by atoms with Gasteiger partial charge in [-0.15, -0.1) is 0 Å². The van der Waals surface area contributed by atoms with Gasteiger partial charge in [-0.25, -0.2) is 20.4 Å². The Kier molecular flexibility index (Phi) is 6.48. The predicted molar refractivity (Wildman–Crippen MR) is 144 cm³/mol. The fraction of sp³-hybridized carbons (Fsp3) is 0.0769. The van der Waals surface area contributed by atoms with E-state index in [0.29, 0.717) is 33.7 Å². The molecule has 0 fully saturated rings. The molecule has 35 heavy (non-hydrogen) atoms. The van der Waals surface area contributed by atoms with E-state index in [0.717, 1.165) is 32.0 Å². The first-order valence-electron chi connectivity index (χ1n) is 10.6. The fourth-order valence-electron chi connectivity index (χ4n) is 3.71. The number of ether oxygens (including phenoxy) is 2. The van der Waals surface area contributed by atoms with Crippen LogP contribution in [0.2, 0.25) is 5.15 Å². The number of fused-ring (bicyclic) bond motifs is 2. The van der Waals surface area contributed by atoms with Gasteiger partial charge in [0.25, 0.3) is 0 Å². The van der Waals surface area contributed by atoms with Crippen molar-refractivity contribution in [1.82, 2.24) is 15.0 Å². The van der Waals surface area contributed by atoms with E-state index < -0.39 is 0 Å². The van der Waals surface area contributed by atoms with Crippen LogP contribution < -0.4 is 14.9 Å². The standard InChI is InChI=1S/C26H19BrClN5O2/c1-34-22-11-16-10-17(25(28)30-21(16)13-23(22)35-2)14-29-33-26-31-20-9-8-18(27)12-19(20)24(32-26)15-6-4-3-5-7-15/h3-14H,1-2H3,(H,31,32,33)/b29-14-. The van der Waals surface area contributed by atoms with Gasteiger partial charge in [0, 0.05) is 32.4 Å². The van der Waals surface area contributed by atoms with Gasteiger partial charge in [0.2, 0.25) is 5.95 Å². The first kappa shape index (κ1) is 23.0. The number of halogens is 2. The lowest BCUT2D eigenvalue weighted by Gasteiger charge is -2.10. The Hall–Kier alpha value is -3.75. The van der Waals surface area contributed by atoms with E-state index >= 15 is 0 Å². The third kappa shape index (κ3) is 4.76. The summed E-state index contributed by atoms with van der Waals surface area (Å²) >= 11 is 9.95. The molecule has 5 aromatic rings. The average molecular weight is 549 g/mol. The van der Waals surface area contributed by atoms with Crippen molar-refractivity contribution in [2.45, 2.75) is 0 Å². The van der Waals surface area contributed by atoms with Gasteiger partial charge in [-0.3, -0.25) is 0 Å². The zero-order valence-electron chi connectivity index (χ0n) is 18.8. The first-order valence-corrected chi connectivity index (χ1v) is 11.8. The molecule has 0 radical (unpaired) electrons. The molecule has 0 saturated heterocycles. The third-order valence-corrected chi connectivity index (χ3v) is 6.17. The molecule has 7 nitrogen and oxygen atoms in total. The van der Waals surface area contributed by atoms with Crippen LogP contribution in [-0.4, -0.2) is 35.4 Å². The molecule has 0 aliphatic carbocycles. The molecule has 0 bridgehead atoms.